The van der Waals surface area contributed by atoms with E-state index in [1.807, 2.05) is 0 Å². The Morgan fingerprint density at radius 3 is 2.54 bits per heavy atom. The summed E-state index contributed by atoms with van der Waals surface area (Å²) < 4.78 is 10.5. The molecule has 146 valence electrons. The zero-order chi connectivity index (χ0) is 20.3. The lowest BCUT2D eigenvalue weighted by atomic mass is 10.1. The highest BCUT2D eigenvalue weighted by Gasteiger charge is 2.35. The summed E-state index contributed by atoms with van der Waals surface area (Å²) in [6.45, 7) is 0.00914. The van der Waals surface area contributed by atoms with Crippen molar-refractivity contribution >= 4 is 57.9 Å². The highest BCUT2D eigenvalue weighted by atomic mass is 35.5. The van der Waals surface area contributed by atoms with Gasteiger partial charge in [-0.05, 0) is 54.2 Å². The number of rotatable bonds is 6. The van der Waals surface area contributed by atoms with Crippen LogP contribution in [0.5, 0.6) is 11.5 Å². The smallest absolute Gasteiger partial charge is 0.295 e. The molecule has 0 bridgehead atoms. The fourth-order valence-electron chi connectivity index (χ4n) is 2.51. The molecule has 2 amide bonds. The summed E-state index contributed by atoms with van der Waals surface area (Å²) in [6.07, 6.45) is 1.62. The second-order valence-electron chi connectivity index (χ2n) is 5.68. The average Bonchev–Trinajstić information content (AvgIpc) is 2.95. The first-order valence-corrected chi connectivity index (χ1v) is 9.66. The Morgan fingerprint density at radius 2 is 1.86 bits per heavy atom. The van der Waals surface area contributed by atoms with Gasteiger partial charge in [-0.25, -0.2) is 0 Å². The first-order chi connectivity index (χ1) is 13.4. The lowest BCUT2D eigenvalue weighted by molar-refractivity contribution is -0.122. The number of hydrogen-bond acceptors (Lipinski definition) is 6. The van der Waals surface area contributed by atoms with E-state index in [1.165, 1.54) is 7.11 Å². The van der Waals surface area contributed by atoms with E-state index in [-0.39, 0.29) is 11.9 Å². The minimum Gasteiger partial charge on any atom is -0.497 e. The molecule has 1 fully saturated rings. The molecule has 2 aromatic carbocycles. The van der Waals surface area contributed by atoms with Crippen molar-refractivity contribution in [3.05, 3.63) is 56.9 Å². The maximum absolute atomic E-state index is 12.7. The van der Waals surface area contributed by atoms with Crippen molar-refractivity contribution in [3.63, 3.8) is 0 Å². The number of amides is 2. The van der Waals surface area contributed by atoms with E-state index < -0.39 is 5.91 Å². The Hall–Kier alpha value is -2.35. The number of thioether (sulfide) groups is 1. The lowest BCUT2D eigenvalue weighted by Crippen LogP contribution is -2.33. The van der Waals surface area contributed by atoms with Gasteiger partial charge in [-0.15, -0.1) is 0 Å². The molecular formula is C19H16Cl2N2O4S. The molecule has 6 nitrogen and oxygen atoms in total. The number of carbonyl (C=O) groups excluding carboxylic acids is 2. The molecule has 1 aliphatic rings. The second kappa shape index (κ2) is 8.77. The average molecular weight is 439 g/mol. The number of nitrogens with zero attached hydrogens (tertiary/aromatic N) is 1. The fraction of sp³-hybridized carbons (Fsp3) is 0.158. The molecule has 0 saturated carbocycles. The van der Waals surface area contributed by atoms with Crippen LogP contribution in [0.15, 0.2) is 41.3 Å². The van der Waals surface area contributed by atoms with Gasteiger partial charge in [-0.3, -0.25) is 14.5 Å². The van der Waals surface area contributed by atoms with Crippen LogP contribution in [-0.2, 0) is 4.79 Å². The standard InChI is InChI=1S/C19H16Cl2N2O4S/c1-26-13-4-6-16(27-2)11(7-13)8-17-18(24)23(19(25)28-17)10-22-12-3-5-14(20)15(21)9-12/h3-9,22H,10H2,1-2H3/b17-8+. The summed E-state index contributed by atoms with van der Waals surface area (Å²) in [4.78, 5) is 26.4. The molecule has 0 spiro atoms. The van der Waals surface area contributed by atoms with Gasteiger partial charge in [0.1, 0.15) is 11.5 Å². The van der Waals surface area contributed by atoms with Crippen LogP contribution in [0.3, 0.4) is 0 Å². The van der Waals surface area contributed by atoms with Gasteiger partial charge in [-0.2, -0.15) is 0 Å². The largest absolute Gasteiger partial charge is 0.497 e. The summed E-state index contributed by atoms with van der Waals surface area (Å²) in [6, 6.07) is 10.2. The zero-order valence-electron chi connectivity index (χ0n) is 15.0. The predicted octanol–water partition coefficient (Wildman–Crippen LogP) is 5.12. The van der Waals surface area contributed by atoms with E-state index in [2.05, 4.69) is 5.32 Å². The monoisotopic (exact) mass is 438 g/mol. The van der Waals surface area contributed by atoms with Gasteiger partial charge in [0.15, 0.2) is 0 Å². The number of benzene rings is 2. The number of ether oxygens (including phenoxy) is 2. The highest BCUT2D eigenvalue weighted by molar-refractivity contribution is 8.18. The van der Waals surface area contributed by atoms with Gasteiger partial charge in [0.25, 0.3) is 11.1 Å². The summed E-state index contributed by atoms with van der Waals surface area (Å²) in [5, 5.41) is 3.43. The minimum atomic E-state index is -0.396. The number of imide groups is 1. The molecule has 1 saturated heterocycles. The van der Waals surface area contributed by atoms with Gasteiger partial charge in [0.2, 0.25) is 0 Å². The molecule has 9 heteroatoms. The van der Waals surface area contributed by atoms with Crippen molar-refractivity contribution in [1.29, 1.82) is 0 Å². The number of anilines is 1. The van der Waals surface area contributed by atoms with Crippen LogP contribution in [-0.4, -0.2) is 36.9 Å². The zero-order valence-corrected chi connectivity index (χ0v) is 17.3. The van der Waals surface area contributed by atoms with E-state index >= 15 is 0 Å². The number of carbonyl (C=O) groups is 2. The van der Waals surface area contributed by atoms with E-state index in [9.17, 15) is 9.59 Å². The number of methoxy groups -OCH3 is 2. The fourth-order valence-corrected chi connectivity index (χ4v) is 3.63. The second-order valence-corrected chi connectivity index (χ2v) is 7.49. The van der Waals surface area contributed by atoms with Crippen LogP contribution in [0, 0.1) is 0 Å². The van der Waals surface area contributed by atoms with Crippen molar-refractivity contribution in [1.82, 2.24) is 4.90 Å². The van der Waals surface area contributed by atoms with Gasteiger partial charge in [0.05, 0.1) is 35.8 Å². The topological polar surface area (TPSA) is 67.9 Å². The van der Waals surface area contributed by atoms with E-state index in [0.29, 0.717) is 37.7 Å². The third-order valence-corrected chi connectivity index (χ3v) is 5.60. The molecule has 1 heterocycles. The van der Waals surface area contributed by atoms with E-state index in [1.54, 1.807) is 49.6 Å². The van der Waals surface area contributed by atoms with Crippen LogP contribution in [0.1, 0.15) is 5.56 Å². The molecule has 0 radical (unpaired) electrons. The van der Waals surface area contributed by atoms with Gasteiger partial charge < -0.3 is 14.8 Å². The normalized spacial score (nSPS) is 15.3. The molecule has 2 aromatic rings. The Labute approximate surface area is 176 Å². The summed E-state index contributed by atoms with van der Waals surface area (Å²) in [7, 11) is 3.08. The van der Waals surface area contributed by atoms with Crippen molar-refractivity contribution in [2.24, 2.45) is 0 Å². The highest BCUT2D eigenvalue weighted by Crippen LogP contribution is 2.35. The summed E-state index contributed by atoms with van der Waals surface area (Å²) in [5.41, 5.74) is 1.29. The maximum atomic E-state index is 12.7. The van der Waals surface area contributed by atoms with Crippen molar-refractivity contribution in [2.75, 3.05) is 26.2 Å². The van der Waals surface area contributed by atoms with Gasteiger partial charge in [0, 0.05) is 11.3 Å². The van der Waals surface area contributed by atoms with E-state index in [0.717, 1.165) is 16.7 Å². The van der Waals surface area contributed by atoms with Gasteiger partial charge >= 0.3 is 0 Å². The predicted molar refractivity (Wildman–Crippen MR) is 112 cm³/mol. The molecular weight excluding hydrogens is 423 g/mol. The molecule has 0 unspecified atom stereocenters. The first-order valence-electron chi connectivity index (χ1n) is 8.09. The SMILES string of the molecule is COc1ccc(OC)c(/C=C2/SC(=O)N(CNc3ccc(Cl)c(Cl)c3)C2=O)c1. The number of hydrogen-bond donors (Lipinski definition) is 1. The van der Waals surface area contributed by atoms with Crippen molar-refractivity contribution < 1.29 is 19.1 Å². The quantitative estimate of drug-likeness (QED) is 0.631. The minimum absolute atomic E-state index is 0.00914. The van der Waals surface area contributed by atoms with Crippen molar-refractivity contribution in [2.45, 2.75) is 0 Å². The third-order valence-electron chi connectivity index (χ3n) is 3.96. The van der Waals surface area contributed by atoms with Crippen molar-refractivity contribution in [3.8, 4) is 11.5 Å². The summed E-state index contributed by atoms with van der Waals surface area (Å²) in [5.74, 6) is 0.793. The molecule has 28 heavy (non-hydrogen) atoms. The molecule has 1 aliphatic heterocycles. The number of nitrogens with one attached hydrogen (secondary N) is 1. The molecule has 3 rings (SSSR count). The molecule has 0 aromatic heterocycles. The lowest BCUT2D eigenvalue weighted by Gasteiger charge is -2.15. The van der Waals surface area contributed by atoms with E-state index in [4.69, 9.17) is 32.7 Å². The van der Waals surface area contributed by atoms with Gasteiger partial charge in [-0.1, -0.05) is 23.2 Å². The van der Waals surface area contributed by atoms with Crippen LogP contribution in [0.25, 0.3) is 6.08 Å². The number of halogens is 2. The van der Waals surface area contributed by atoms with Crippen LogP contribution in [0.2, 0.25) is 10.0 Å². The third kappa shape index (κ3) is 4.38. The molecule has 0 atom stereocenters. The first kappa shape index (κ1) is 20.4. The van der Waals surface area contributed by atoms with Crippen LogP contribution in [0.4, 0.5) is 10.5 Å². The molecule has 0 aliphatic carbocycles. The van der Waals surface area contributed by atoms with Crippen LogP contribution >= 0.6 is 35.0 Å². The Balaban J connectivity index is 1.78. The molecule has 1 N–H and O–H groups in total. The maximum Gasteiger partial charge on any atom is 0.295 e. The summed E-state index contributed by atoms with van der Waals surface area (Å²) >= 11 is 12.7. The Kier molecular flexibility index (Phi) is 6.39. The Morgan fingerprint density at radius 1 is 1.07 bits per heavy atom. The Bertz CT molecular complexity index is 965. The van der Waals surface area contributed by atoms with Crippen LogP contribution < -0.4 is 14.8 Å².